The van der Waals surface area contributed by atoms with E-state index in [4.69, 9.17) is 0 Å². The highest BCUT2D eigenvalue weighted by Crippen LogP contribution is 2.24. The minimum atomic E-state index is -0.0634. The van der Waals surface area contributed by atoms with Gasteiger partial charge in [0.1, 0.15) is 0 Å². The first-order valence-corrected chi connectivity index (χ1v) is 8.06. The zero-order valence-corrected chi connectivity index (χ0v) is 15.2. The lowest BCUT2D eigenvalue weighted by Gasteiger charge is -2.23. The first kappa shape index (κ1) is 18.6. The SMILES string of the molecule is CC(=O)N(CCC(=O)NCCN(C)C)c1ccc(Br)cc1C. The van der Waals surface area contributed by atoms with E-state index in [1.807, 2.05) is 44.1 Å². The van der Waals surface area contributed by atoms with Gasteiger partial charge in [0, 0.05) is 43.1 Å². The van der Waals surface area contributed by atoms with Gasteiger partial charge in [-0.3, -0.25) is 9.59 Å². The van der Waals surface area contributed by atoms with Gasteiger partial charge in [-0.15, -0.1) is 0 Å². The number of carbonyl (C=O) groups is 2. The molecule has 0 aromatic heterocycles. The summed E-state index contributed by atoms with van der Waals surface area (Å²) in [6.07, 6.45) is 0.294. The molecule has 1 aromatic carbocycles. The van der Waals surface area contributed by atoms with Gasteiger partial charge in [-0.05, 0) is 44.8 Å². The molecule has 1 rings (SSSR count). The molecule has 5 nitrogen and oxygen atoms in total. The normalized spacial score (nSPS) is 10.6. The Kier molecular flexibility index (Phi) is 7.55. The van der Waals surface area contributed by atoms with Gasteiger partial charge in [0.2, 0.25) is 11.8 Å². The minimum Gasteiger partial charge on any atom is -0.355 e. The first-order valence-electron chi connectivity index (χ1n) is 7.27. The summed E-state index contributed by atoms with van der Waals surface area (Å²) >= 11 is 3.41. The summed E-state index contributed by atoms with van der Waals surface area (Å²) in [4.78, 5) is 27.4. The Labute approximate surface area is 140 Å². The van der Waals surface area contributed by atoms with Crippen molar-refractivity contribution in [3.05, 3.63) is 28.2 Å². The number of carbonyl (C=O) groups excluding carboxylic acids is 2. The largest absolute Gasteiger partial charge is 0.355 e. The van der Waals surface area contributed by atoms with Crippen LogP contribution >= 0.6 is 15.9 Å². The van der Waals surface area contributed by atoms with Crippen LogP contribution in [0.3, 0.4) is 0 Å². The van der Waals surface area contributed by atoms with E-state index in [1.165, 1.54) is 6.92 Å². The van der Waals surface area contributed by atoms with Gasteiger partial charge in [-0.25, -0.2) is 0 Å². The molecule has 0 atom stereocenters. The van der Waals surface area contributed by atoms with Crippen molar-refractivity contribution in [3.63, 3.8) is 0 Å². The van der Waals surface area contributed by atoms with Crippen molar-refractivity contribution in [2.45, 2.75) is 20.3 Å². The molecule has 0 aliphatic carbocycles. The summed E-state index contributed by atoms with van der Waals surface area (Å²) in [5.41, 5.74) is 1.84. The third-order valence-electron chi connectivity index (χ3n) is 3.27. The predicted molar refractivity (Wildman–Crippen MR) is 93.1 cm³/mol. The van der Waals surface area contributed by atoms with Crippen molar-refractivity contribution >= 4 is 33.4 Å². The smallest absolute Gasteiger partial charge is 0.223 e. The molecule has 0 saturated heterocycles. The lowest BCUT2D eigenvalue weighted by molar-refractivity contribution is -0.121. The number of nitrogens with one attached hydrogen (secondary N) is 1. The Morgan fingerprint density at radius 1 is 1.23 bits per heavy atom. The first-order chi connectivity index (χ1) is 10.3. The van der Waals surface area contributed by atoms with Crippen LogP contribution in [0.4, 0.5) is 5.69 Å². The zero-order chi connectivity index (χ0) is 16.7. The third-order valence-corrected chi connectivity index (χ3v) is 3.77. The number of benzene rings is 1. The van der Waals surface area contributed by atoms with Gasteiger partial charge in [-0.1, -0.05) is 15.9 Å². The van der Waals surface area contributed by atoms with Crippen LogP contribution in [-0.4, -0.2) is 50.4 Å². The van der Waals surface area contributed by atoms with E-state index in [-0.39, 0.29) is 11.8 Å². The van der Waals surface area contributed by atoms with E-state index in [0.717, 1.165) is 22.3 Å². The summed E-state index contributed by atoms with van der Waals surface area (Å²) < 4.78 is 0.971. The standard InChI is InChI=1S/C16H24BrN3O2/c1-12-11-14(17)5-6-15(12)20(13(2)21)9-7-16(22)18-8-10-19(3)4/h5-6,11H,7-10H2,1-4H3,(H,18,22). The van der Waals surface area contributed by atoms with Gasteiger partial charge in [0.25, 0.3) is 0 Å². The van der Waals surface area contributed by atoms with Crippen molar-refractivity contribution in [1.82, 2.24) is 10.2 Å². The molecular weight excluding hydrogens is 346 g/mol. The average molecular weight is 370 g/mol. The van der Waals surface area contributed by atoms with Crippen LogP contribution in [-0.2, 0) is 9.59 Å². The number of aryl methyl sites for hydroxylation is 1. The average Bonchev–Trinajstić information content (AvgIpc) is 2.40. The molecular formula is C16H24BrN3O2. The maximum atomic E-state index is 11.9. The maximum absolute atomic E-state index is 11.9. The number of likely N-dealkylation sites (N-methyl/N-ethyl adjacent to an activating group) is 1. The predicted octanol–water partition coefficient (Wildman–Crippen LogP) is 2.18. The molecule has 1 aromatic rings. The summed E-state index contributed by atoms with van der Waals surface area (Å²) in [7, 11) is 3.92. The fraction of sp³-hybridized carbons (Fsp3) is 0.500. The van der Waals surface area contributed by atoms with Gasteiger partial charge < -0.3 is 15.1 Å². The quantitative estimate of drug-likeness (QED) is 0.801. The monoisotopic (exact) mass is 369 g/mol. The van der Waals surface area contributed by atoms with E-state index in [0.29, 0.717) is 19.5 Å². The molecule has 122 valence electrons. The van der Waals surface area contributed by atoms with E-state index in [9.17, 15) is 9.59 Å². The number of anilines is 1. The number of nitrogens with zero attached hydrogens (tertiary/aromatic N) is 2. The van der Waals surface area contributed by atoms with Crippen molar-refractivity contribution < 1.29 is 9.59 Å². The molecule has 0 unspecified atom stereocenters. The fourth-order valence-corrected chi connectivity index (χ4v) is 2.57. The van der Waals surface area contributed by atoms with Crippen molar-refractivity contribution in [2.24, 2.45) is 0 Å². The van der Waals surface area contributed by atoms with Gasteiger partial charge in [-0.2, -0.15) is 0 Å². The fourth-order valence-electron chi connectivity index (χ4n) is 2.09. The number of amides is 2. The van der Waals surface area contributed by atoms with E-state index in [2.05, 4.69) is 21.2 Å². The number of halogens is 1. The highest BCUT2D eigenvalue weighted by atomic mass is 79.9. The molecule has 0 fully saturated rings. The highest BCUT2D eigenvalue weighted by Gasteiger charge is 2.15. The Hall–Kier alpha value is -1.40. The van der Waals surface area contributed by atoms with Crippen LogP contribution in [0.25, 0.3) is 0 Å². The molecule has 0 bridgehead atoms. The summed E-state index contributed by atoms with van der Waals surface area (Å²) in [5, 5.41) is 2.86. The van der Waals surface area contributed by atoms with E-state index >= 15 is 0 Å². The van der Waals surface area contributed by atoms with Crippen LogP contribution in [0.2, 0.25) is 0 Å². The second kappa shape index (κ2) is 8.90. The lowest BCUT2D eigenvalue weighted by atomic mass is 10.1. The Morgan fingerprint density at radius 2 is 1.91 bits per heavy atom. The third kappa shape index (κ3) is 6.15. The van der Waals surface area contributed by atoms with Crippen LogP contribution < -0.4 is 10.2 Å². The van der Waals surface area contributed by atoms with E-state index < -0.39 is 0 Å². The molecule has 0 aliphatic heterocycles. The topological polar surface area (TPSA) is 52.7 Å². The molecule has 0 heterocycles. The van der Waals surface area contributed by atoms with Crippen LogP contribution in [0.5, 0.6) is 0 Å². The molecule has 0 aliphatic rings. The maximum Gasteiger partial charge on any atom is 0.223 e. The van der Waals surface area contributed by atoms with Crippen molar-refractivity contribution in [1.29, 1.82) is 0 Å². The van der Waals surface area contributed by atoms with Gasteiger partial charge in [0.05, 0.1) is 0 Å². The minimum absolute atomic E-state index is 0.0390. The Morgan fingerprint density at radius 3 is 2.45 bits per heavy atom. The second-order valence-corrected chi connectivity index (χ2v) is 6.42. The van der Waals surface area contributed by atoms with Crippen molar-refractivity contribution in [2.75, 3.05) is 38.6 Å². The van der Waals surface area contributed by atoms with Crippen LogP contribution in [0.1, 0.15) is 18.9 Å². The Bertz CT molecular complexity index is 532. The van der Waals surface area contributed by atoms with Crippen LogP contribution in [0, 0.1) is 6.92 Å². The Balaban J connectivity index is 2.62. The molecule has 1 N–H and O–H groups in total. The lowest BCUT2D eigenvalue weighted by Crippen LogP contribution is -2.36. The highest BCUT2D eigenvalue weighted by molar-refractivity contribution is 9.10. The molecule has 22 heavy (non-hydrogen) atoms. The van der Waals surface area contributed by atoms with Crippen LogP contribution in [0.15, 0.2) is 22.7 Å². The number of hydrogen-bond acceptors (Lipinski definition) is 3. The summed E-state index contributed by atoms with van der Waals surface area (Å²) in [6.45, 7) is 5.27. The summed E-state index contributed by atoms with van der Waals surface area (Å²) in [5.74, 6) is -0.102. The molecule has 2 amide bonds. The molecule has 6 heteroatoms. The van der Waals surface area contributed by atoms with Gasteiger partial charge in [0.15, 0.2) is 0 Å². The summed E-state index contributed by atoms with van der Waals surface area (Å²) in [6, 6.07) is 5.75. The van der Waals surface area contributed by atoms with E-state index in [1.54, 1.807) is 4.90 Å². The van der Waals surface area contributed by atoms with Gasteiger partial charge >= 0.3 is 0 Å². The van der Waals surface area contributed by atoms with Crippen molar-refractivity contribution in [3.8, 4) is 0 Å². The molecule has 0 spiro atoms. The number of hydrogen-bond donors (Lipinski definition) is 1. The molecule has 0 saturated carbocycles. The molecule has 0 radical (unpaired) electrons. The number of rotatable bonds is 7. The zero-order valence-electron chi connectivity index (χ0n) is 13.6. The second-order valence-electron chi connectivity index (χ2n) is 5.50.